The molecule has 100 valence electrons. The van der Waals surface area contributed by atoms with Crippen molar-refractivity contribution in [2.24, 2.45) is 0 Å². The van der Waals surface area contributed by atoms with Crippen LogP contribution in [0.4, 0.5) is 5.69 Å². The predicted molar refractivity (Wildman–Crippen MR) is 69.7 cm³/mol. The van der Waals surface area contributed by atoms with Crippen molar-refractivity contribution in [1.82, 2.24) is 0 Å². The molecule has 1 saturated heterocycles. The minimum atomic E-state index is -0.818. The van der Waals surface area contributed by atoms with Crippen LogP contribution in [0.5, 0.6) is 0 Å². The molecule has 1 aromatic rings. The SMILES string of the molecule is [C-]#[N+]c1ccc(C2(O)CCC3(CC2)OCCO3)cc1. The van der Waals surface area contributed by atoms with Gasteiger partial charge in [-0.3, -0.25) is 0 Å². The highest BCUT2D eigenvalue weighted by Crippen LogP contribution is 2.44. The van der Waals surface area contributed by atoms with Gasteiger partial charge in [-0.25, -0.2) is 4.85 Å². The summed E-state index contributed by atoms with van der Waals surface area (Å²) in [6, 6.07) is 7.21. The molecule has 1 spiro atoms. The molecular weight excluding hydrogens is 242 g/mol. The monoisotopic (exact) mass is 259 g/mol. The van der Waals surface area contributed by atoms with E-state index < -0.39 is 11.4 Å². The predicted octanol–water partition coefficient (Wildman–Crippen LogP) is 2.74. The Kier molecular flexibility index (Phi) is 3.06. The topological polar surface area (TPSA) is 43.0 Å². The Labute approximate surface area is 112 Å². The van der Waals surface area contributed by atoms with E-state index in [1.54, 1.807) is 12.1 Å². The second-order valence-corrected chi connectivity index (χ2v) is 5.30. The lowest BCUT2D eigenvalue weighted by molar-refractivity contribution is -0.204. The minimum absolute atomic E-state index is 0.456. The van der Waals surface area contributed by atoms with E-state index in [-0.39, 0.29) is 0 Å². The molecule has 0 atom stereocenters. The van der Waals surface area contributed by atoms with E-state index in [0.29, 0.717) is 44.6 Å². The number of benzene rings is 1. The Morgan fingerprint density at radius 1 is 1.00 bits per heavy atom. The van der Waals surface area contributed by atoms with Crippen LogP contribution in [-0.2, 0) is 15.1 Å². The van der Waals surface area contributed by atoms with Crippen molar-refractivity contribution in [3.8, 4) is 0 Å². The van der Waals surface area contributed by atoms with Gasteiger partial charge in [-0.1, -0.05) is 24.3 Å². The summed E-state index contributed by atoms with van der Waals surface area (Å²) < 4.78 is 11.3. The minimum Gasteiger partial charge on any atom is -0.385 e. The number of ether oxygens (including phenoxy) is 2. The van der Waals surface area contributed by atoms with E-state index in [9.17, 15) is 5.11 Å². The Hall–Kier alpha value is -1.41. The molecule has 1 aliphatic heterocycles. The van der Waals surface area contributed by atoms with Crippen molar-refractivity contribution < 1.29 is 14.6 Å². The van der Waals surface area contributed by atoms with E-state index in [4.69, 9.17) is 16.0 Å². The van der Waals surface area contributed by atoms with E-state index in [1.807, 2.05) is 12.1 Å². The van der Waals surface area contributed by atoms with Crippen LogP contribution in [0.15, 0.2) is 24.3 Å². The van der Waals surface area contributed by atoms with E-state index in [1.165, 1.54) is 0 Å². The van der Waals surface area contributed by atoms with Gasteiger partial charge in [0.15, 0.2) is 11.5 Å². The molecule has 2 aliphatic rings. The number of hydrogen-bond donors (Lipinski definition) is 1. The molecule has 1 N–H and O–H groups in total. The zero-order chi connectivity index (χ0) is 13.3. The van der Waals surface area contributed by atoms with Gasteiger partial charge in [0.2, 0.25) is 0 Å². The van der Waals surface area contributed by atoms with Crippen molar-refractivity contribution in [3.05, 3.63) is 41.2 Å². The van der Waals surface area contributed by atoms with Crippen LogP contribution in [-0.4, -0.2) is 24.1 Å². The van der Waals surface area contributed by atoms with Crippen molar-refractivity contribution >= 4 is 5.69 Å². The first-order chi connectivity index (χ1) is 9.16. The zero-order valence-corrected chi connectivity index (χ0v) is 10.8. The van der Waals surface area contributed by atoms with Gasteiger partial charge in [0.1, 0.15) is 0 Å². The molecule has 0 aromatic heterocycles. The first-order valence-corrected chi connectivity index (χ1v) is 6.64. The second-order valence-electron chi connectivity index (χ2n) is 5.30. The smallest absolute Gasteiger partial charge is 0.187 e. The number of aliphatic hydroxyl groups is 1. The Balaban J connectivity index is 1.75. The summed E-state index contributed by atoms with van der Waals surface area (Å²) in [5.41, 5.74) is 0.663. The van der Waals surface area contributed by atoms with Gasteiger partial charge < -0.3 is 14.6 Å². The largest absolute Gasteiger partial charge is 0.385 e. The van der Waals surface area contributed by atoms with Crippen LogP contribution in [0.1, 0.15) is 31.2 Å². The molecular formula is C15H17NO3. The average Bonchev–Trinajstić information content (AvgIpc) is 2.92. The summed E-state index contributed by atoms with van der Waals surface area (Å²) >= 11 is 0. The number of nitrogens with zero attached hydrogens (tertiary/aromatic N) is 1. The molecule has 1 heterocycles. The van der Waals surface area contributed by atoms with Gasteiger partial charge >= 0.3 is 0 Å². The summed E-state index contributed by atoms with van der Waals surface area (Å²) in [4.78, 5) is 3.37. The quantitative estimate of drug-likeness (QED) is 0.789. The van der Waals surface area contributed by atoms with Crippen LogP contribution in [0.2, 0.25) is 0 Å². The average molecular weight is 259 g/mol. The summed E-state index contributed by atoms with van der Waals surface area (Å²) in [6.07, 6.45) is 2.69. The van der Waals surface area contributed by atoms with Gasteiger partial charge in [0, 0.05) is 12.8 Å². The van der Waals surface area contributed by atoms with E-state index in [2.05, 4.69) is 4.85 Å². The van der Waals surface area contributed by atoms with Gasteiger partial charge in [-0.15, -0.1) is 0 Å². The lowest BCUT2D eigenvalue weighted by Gasteiger charge is -2.40. The maximum Gasteiger partial charge on any atom is 0.187 e. The van der Waals surface area contributed by atoms with Crippen molar-refractivity contribution in [1.29, 1.82) is 0 Å². The highest BCUT2D eigenvalue weighted by atomic mass is 16.7. The first kappa shape index (κ1) is 12.6. The van der Waals surface area contributed by atoms with Gasteiger partial charge in [-0.2, -0.15) is 0 Å². The van der Waals surface area contributed by atoms with Crippen LogP contribution in [0.3, 0.4) is 0 Å². The summed E-state index contributed by atoms with van der Waals surface area (Å²) in [5, 5.41) is 10.8. The maximum atomic E-state index is 10.8. The molecule has 0 unspecified atom stereocenters. The third-order valence-corrected chi connectivity index (χ3v) is 4.19. The molecule has 4 nitrogen and oxygen atoms in total. The lowest BCUT2D eigenvalue weighted by Crippen LogP contribution is -2.42. The first-order valence-electron chi connectivity index (χ1n) is 6.64. The van der Waals surface area contributed by atoms with Gasteiger partial charge in [0.25, 0.3) is 0 Å². The van der Waals surface area contributed by atoms with E-state index >= 15 is 0 Å². The summed E-state index contributed by atoms with van der Waals surface area (Å²) in [7, 11) is 0. The fourth-order valence-corrected chi connectivity index (χ4v) is 2.97. The molecule has 0 amide bonds. The fourth-order valence-electron chi connectivity index (χ4n) is 2.97. The van der Waals surface area contributed by atoms with Crippen molar-refractivity contribution in [2.45, 2.75) is 37.1 Å². The maximum absolute atomic E-state index is 10.8. The number of rotatable bonds is 1. The fraction of sp³-hybridized carbons (Fsp3) is 0.533. The standard InChI is InChI=1S/C15H17NO3/c1-16-13-4-2-12(3-5-13)14(17)6-8-15(9-7-14)18-10-11-19-15/h2-5,17H,6-11H2. The third-order valence-electron chi connectivity index (χ3n) is 4.19. The van der Waals surface area contributed by atoms with Crippen LogP contribution < -0.4 is 0 Å². The highest BCUT2D eigenvalue weighted by Gasteiger charge is 2.46. The van der Waals surface area contributed by atoms with Gasteiger partial charge in [0.05, 0.1) is 25.4 Å². The van der Waals surface area contributed by atoms with Crippen LogP contribution in [0, 0.1) is 6.57 Å². The second kappa shape index (κ2) is 4.61. The Bertz CT molecular complexity index is 487. The molecule has 1 aliphatic carbocycles. The molecule has 0 bridgehead atoms. The van der Waals surface area contributed by atoms with E-state index in [0.717, 1.165) is 5.56 Å². The zero-order valence-electron chi connectivity index (χ0n) is 10.8. The Morgan fingerprint density at radius 2 is 1.58 bits per heavy atom. The molecule has 4 heteroatoms. The normalized spacial score (nSPS) is 24.2. The molecule has 3 rings (SSSR count). The molecule has 19 heavy (non-hydrogen) atoms. The molecule has 1 saturated carbocycles. The Morgan fingerprint density at radius 3 is 2.11 bits per heavy atom. The third kappa shape index (κ3) is 2.25. The molecule has 1 aromatic carbocycles. The number of hydrogen-bond acceptors (Lipinski definition) is 3. The van der Waals surface area contributed by atoms with Crippen molar-refractivity contribution in [3.63, 3.8) is 0 Å². The van der Waals surface area contributed by atoms with Gasteiger partial charge in [-0.05, 0) is 18.4 Å². The van der Waals surface area contributed by atoms with Crippen LogP contribution >= 0.6 is 0 Å². The van der Waals surface area contributed by atoms with Crippen LogP contribution in [0.25, 0.3) is 4.85 Å². The molecule has 2 fully saturated rings. The molecule has 0 radical (unpaired) electrons. The summed E-state index contributed by atoms with van der Waals surface area (Å²) in [6.45, 7) is 8.25. The lowest BCUT2D eigenvalue weighted by atomic mass is 9.77. The highest BCUT2D eigenvalue weighted by molar-refractivity contribution is 5.46. The summed E-state index contributed by atoms with van der Waals surface area (Å²) in [5.74, 6) is -0.456. The van der Waals surface area contributed by atoms with Crippen molar-refractivity contribution in [2.75, 3.05) is 13.2 Å².